The molecule has 0 saturated heterocycles. The van der Waals surface area contributed by atoms with Crippen molar-refractivity contribution in [3.8, 4) is 0 Å². The summed E-state index contributed by atoms with van der Waals surface area (Å²) in [6, 6.07) is 7.17. The van der Waals surface area contributed by atoms with Gasteiger partial charge >= 0.3 is 5.97 Å². The number of carbonyl (C=O) groups excluding carboxylic acids is 1. The van der Waals surface area contributed by atoms with E-state index in [0.717, 1.165) is 11.1 Å². The number of ketones is 1. The van der Waals surface area contributed by atoms with Crippen LogP contribution in [0.25, 0.3) is 0 Å². The van der Waals surface area contributed by atoms with E-state index in [4.69, 9.17) is 10.8 Å². The second-order valence-corrected chi connectivity index (χ2v) is 4.71. The summed E-state index contributed by atoms with van der Waals surface area (Å²) in [5, 5.41) is 8.74. The quantitative estimate of drug-likeness (QED) is 0.801. The van der Waals surface area contributed by atoms with Crippen molar-refractivity contribution in [2.45, 2.75) is 32.7 Å². The number of aryl methyl sites for hydroxylation is 1. The van der Waals surface area contributed by atoms with Crippen molar-refractivity contribution in [2.75, 3.05) is 0 Å². The number of benzene rings is 1. The van der Waals surface area contributed by atoms with Gasteiger partial charge in [0, 0.05) is 6.42 Å². The highest BCUT2D eigenvalue weighted by Crippen LogP contribution is 2.09. The van der Waals surface area contributed by atoms with Gasteiger partial charge in [0.1, 0.15) is 0 Å². The molecule has 4 nitrogen and oxygen atoms in total. The van der Waals surface area contributed by atoms with Crippen LogP contribution in [0.1, 0.15) is 24.5 Å². The van der Waals surface area contributed by atoms with E-state index in [0.29, 0.717) is 6.42 Å². The summed E-state index contributed by atoms with van der Waals surface area (Å²) in [5.74, 6) is -1.85. The minimum Gasteiger partial charge on any atom is -0.481 e. The molecule has 3 N–H and O–H groups in total. The largest absolute Gasteiger partial charge is 0.481 e. The predicted molar refractivity (Wildman–Crippen MR) is 69.3 cm³/mol. The lowest BCUT2D eigenvalue weighted by atomic mass is 9.96. The lowest BCUT2D eigenvalue weighted by molar-refractivity contribution is -0.143. The van der Waals surface area contributed by atoms with Crippen molar-refractivity contribution < 1.29 is 14.7 Å². The van der Waals surface area contributed by atoms with Crippen molar-refractivity contribution >= 4 is 11.8 Å². The Morgan fingerprint density at radius 3 is 2.33 bits per heavy atom. The highest BCUT2D eigenvalue weighted by molar-refractivity contribution is 5.87. The van der Waals surface area contributed by atoms with Crippen LogP contribution in [0.3, 0.4) is 0 Å². The average molecular weight is 249 g/mol. The van der Waals surface area contributed by atoms with Gasteiger partial charge in [0.2, 0.25) is 0 Å². The van der Waals surface area contributed by atoms with Crippen LogP contribution in [0, 0.1) is 12.8 Å². The number of hydrogen-bond acceptors (Lipinski definition) is 3. The molecule has 2 atom stereocenters. The summed E-state index contributed by atoms with van der Waals surface area (Å²) in [6.45, 7) is 3.50. The van der Waals surface area contributed by atoms with Gasteiger partial charge < -0.3 is 10.8 Å². The summed E-state index contributed by atoms with van der Waals surface area (Å²) in [5.41, 5.74) is 7.93. The van der Waals surface area contributed by atoms with Crippen molar-refractivity contribution in [3.05, 3.63) is 35.4 Å². The molecule has 0 radical (unpaired) electrons. The van der Waals surface area contributed by atoms with E-state index in [-0.39, 0.29) is 12.2 Å². The molecule has 4 heteroatoms. The molecular formula is C14H19NO3. The van der Waals surface area contributed by atoms with E-state index in [2.05, 4.69) is 0 Å². The van der Waals surface area contributed by atoms with E-state index < -0.39 is 17.9 Å². The van der Waals surface area contributed by atoms with Crippen molar-refractivity contribution in [1.29, 1.82) is 0 Å². The number of nitrogens with two attached hydrogens (primary N) is 1. The number of carboxylic acids is 1. The first-order chi connectivity index (χ1) is 8.40. The number of rotatable bonds is 6. The minimum atomic E-state index is -0.967. The standard InChI is InChI=1S/C14H19NO3/c1-9-3-5-11(6-4-9)8-12(15)13(16)7-10(2)14(17)18/h3-6,10,12H,7-8,15H2,1-2H3,(H,17,18). The topological polar surface area (TPSA) is 80.4 Å². The van der Waals surface area contributed by atoms with E-state index in [1.165, 1.54) is 6.92 Å². The number of carboxylic acid groups (broad SMARTS) is 1. The molecule has 1 rings (SSSR count). The molecule has 0 amide bonds. The third-order valence-corrected chi connectivity index (χ3v) is 2.92. The fraction of sp³-hybridized carbons (Fsp3) is 0.429. The molecule has 0 fully saturated rings. The fourth-order valence-electron chi connectivity index (χ4n) is 1.63. The molecule has 0 saturated carbocycles. The van der Waals surface area contributed by atoms with E-state index in [1.807, 2.05) is 31.2 Å². The first kappa shape index (κ1) is 14.4. The number of carbonyl (C=O) groups is 2. The van der Waals surface area contributed by atoms with Crippen LogP contribution >= 0.6 is 0 Å². The predicted octanol–water partition coefficient (Wildman–Crippen LogP) is 1.54. The van der Waals surface area contributed by atoms with Crippen molar-refractivity contribution in [3.63, 3.8) is 0 Å². The normalized spacial score (nSPS) is 13.9. The summed E-state index contributed by atoms with van der Waals surface area (Å²) >= 11 is 0. The van der Waals surface area contributed by atoms with Gasteiger partial charge in [0.15, 0.2) is 5.78 Å². The van der Waals surface area contributed by atoms with E-state index in [9.17, 15) is 9.59 Å². The second-order valence-electron chi connectivity index (χ2n) is 4.71. The highest BCUT2D eigenvalue weighted by atomic mass is 16.4. The Labute approximate surface area is 107 Å². The zero-order valence-corrected chi connectivity index (χ0v) is 10.7. The number of Topliss-reactive ketones (excluding diaryl/α,β-unsaturated/α-hetero) is 1. The minimum absolute atomic E-state index is 0.0115. The van der Waals surface area contributed by atoms with Crippen molar-refractivity contribution in [1.82, 2.24) is 0 Å². The van der Waals surface area contributed by atoms with Crippen LogP contribution in [-0.4, -0.2) is 22.9 Å². The maximum atomic E-state index is 11.7. The van der Waals surface area contributed by atoms with Gasteiger partial charge in [0.25, 0.3) is 0 Å². The second kappa shape index (κ2) is 6.31. The van der Waals surface area contributed by atoms with Gasteiger partial charge in [0.05, 0.1) is 12.0 Å². The molecule has 0 heterocycles. The summed E-state index contributed by atoms with van der Waals surface area (Å²) in [6.07, 6.45) is 0.438. The van der Waals surface area contributed by atoms with E-state index in [1.54, 1.807) is 0 Å². The van der Waals surface area contributed by atoms with Gasteiger partial charge in [-0.25, -0.2) is 0 Å². The Bertz CT molecular complexity index is 425. The third kappa shape index (κ3) is 4.30. The SMILES string of the molecule is Cc1ccc(CC(N)C(=O)CC(C)C(=O)O)cc1. The van der Waals surface area contributed by atoms with Gasteiger partial charge in [-0.3, -0.25) is 9.59 Å². The molecule has 0 aliphatic heterocycles. The Morgan fingerprint density at radius 1 is 1.28 bits per heavy atom. The molecule has 0 spiro atoms. The van der Waals surface area contributed by atoms with Gasteiger partial charge in [-0.2, -0.15) is 0 Å². The van der Waals surface area contributed by atoms with Crippen LogP contribution in [0.4, 0.5) is 0 Å². The highest BCUT2D eigenvalue weighted by Gasteiger charge is 2.20. The molecule has 0 aliphatic rings. The molecule has 0 aliphatic carbocycles. The van der Waals surface area contributed by atoms with E-state index >= 15 is 0 Å². The zero-order chi connectivity index (χ0) is 13.7. The summed E-state index contributed by atoms with van der Waals surface area (Å²) in [7, 11) is 0. The van der Waals surface area contributed by atoms with Crippen LogP contribution in [0.5, 0.6) is 0 Å². The zero-order valence-electron chi connectivity index (χ0n) is 10.7. The Hall–Kier alpha value is -1.68. The molecule has 98 valence electrons. The van der Waals surface area contributed by atoms with Gasteiger partial charge in [-0.05, 0) is 18.9 Å². The molecule has 1 aromatic rings. The molecule has 1 aromatic carbocycles. The lowest BCUT2D eigenvalue weighted by Crippen LogP contribution is -2.34. The van der Waals surface area contributed by atoms with Crippen LogP contribution < -0.4 is 5.73 Å². The molecular weight excluding hydrogens is 230 g/mol. The molecule has 0 aromatic heterocycles. The monoisotopic (exact) mass is 249 g/mol. The van der Waals surface area contributed by atoms with Crippen LogP contribution in [0.2, 0.25) is 0 Å². The average Bonchev–Trinajstić information content (AvgIpc) is 2.31. The fourth-order valence-corrected chi connectivity index (χ4v) is 1.63. The summed E-state index contributed by atoms with van der Waals surface area (Å²) in [4.78, 5) is 22.4. The number of aliphatic carboxylic acids is 1. The lowest BCUT2D eigenvalue weighted by Gasteiger charge is -2.12. The first-order valence-electron chi connectivity index (χ1n) is 5.96. The maximum Gasteiger partial charge on any atom is 0.306 e. The molecule has 2 unspecified atom stereocenters. The third-order valence-electron chi connectivity index (χ3n) is 2.92. The smallest absolute Gasteiger partial charge is 0.306 e. The molecule has 18 heavy (non-hydrogen) atoms. The number of hydrogen-bond donors (Lipinski definition) is 2. The first-order valence-corrected chi connectivity index (χ1v) is 5.96. The van der Waals surface area contributed by atoms with Crippen LogP contribution in [-0.2, 0) is 16.0 Å². The Kier molecular flexibility index (Phi) is 5.04. The van der Waals surface area contributed by atoms with Gasteiger partial charge in [-0.15, -0.1) is 0 Å². The Morgan fingerprint density at radius 2 is 1.83 bits per heavy atom. The van der Waals surface area contributed by atoms with Gasteiger partial charge in [-0.1, -0.05) is 36.8 Å². The maximum absolute atomic E-state index is 11.7. The summed E-state index contributed by atoms with van der Waals surface area (Å²) < 4.78 is 0. The Balaban J connectivity index is 2.54. The molecule has 0 bridgehead atoms. The van der Waals surface area contributed by atoms with Crippen LogP contribution in [0.15, 0.2) is 24.3 Å². The van der Waals surface area contributed by atoms with Crippen molar-refractivity contribution in [2.24, 2.45) is 11.7 Å².